The highest BCUT2D eigenvalue weighted by atomic mass is 19.3. The van der Waals surface area contributed by atoms with Crippen molar-refractivity contribution < 1.29 is 13.6 Å². The van der Waals surface area contributed by atoms with Gasteiger partial charge in [-0.2, -0.15) is 0 Å². The van der Waals surface area contributed by atoms with Gasteiger partial charge in [0.1, 0.15) is 0 Å². The van der Waals surface area contributed by atoms with Crippen molar-refractivity contribution in [2.45, 2.75) is 88.4 Å². The first-order valence-electron chi connectivity index (χ1n) is 16.6. The molecule has 2 aliphatic carbocycles. The van der Waals surface area contributed by atoms with Crippen LogP contribution in [0.15, 0.2) is 77.9 Å². The van der Waals surface area contributed by atoms with Gasteiger partial charge in [0.15, 0.2) is 0 Å². The van der Waals surface area contributed by atoms with Gasteiger partial charge in [0.05, 0.1) is 18.1 Å². The number of nitrogens with zero attached hydrogens (tertiary/aromatic N) is 4. The Balaban J connectivity index is 1.06. The first kappa shape index (κ1) is 30.1. The van der Waals surface area contributed by atoms with Crippen LogP contribution in [0.5, 0.6) is 0 Å². The van der Waals surface area contributed by atoms with E-state index in [1.54, 1.807) is 17.0 Å². The predicted octanol–water partition coefficient (Wildman–Crippen LogP) is 6.51. The molecule has 0 radical (unpaired) electrons. The van der Waals surface area contributed by atoms with Gasteiger partial charge < -0.3 is 15.1 Å². The lowest BCUT2D eigenvalue weighted by molar-refractivity contribution is -0.0962. The molecule has 0 unspecified atom stereocenters. The Bertz CT molecular complexity index is 1530. The van der Waals surface area contributed by atoms with Crippen LogP contribution in [0.1, 0.15) is 69.4 Å². The summed E-state index contributed by atoms with van der Waals surface area (Å²) in [4.78, 5) is 36.2. The zero-order valence-corrected chi connectivity index (χ0v) is 25.8. The zero-order chi connectivity index (χ0) is 31.0. The third-order valence-electron chi connectivity index (χ3n) is 10.9. The summed E-state index contributed by atoms with van der Waals surface area (Å²) in [5.74, 6) is -2.25. The summed E-state index contributed by atoms with van der Waals surface area (Å²) >= 11 is 0. The van der Waals surface area contributed by atoms with Crippen molar-refractivity contribution in [1.29, 1.82) is 0 Å². The Hall–Kier alpha value is -3.59. The molecule has 1 N–H and O–H groups in total. The first-order valence-corrected chi connectivity index (χ1v) is 16.6. The summed E-state index contributed by atoms with van der Waals surface area (Å²) < 4.78 is 28.8. The van der Waals surface area contributed by atoms with Crippen LogP contribution in [0, 0.1) is 11.3 Å². The van der Waals surface area contributed by atoms with Crippen molar-refractivity contribution in [1.82, 2.24) is 24.7 Å². The monoisotopic (exact) mass is 615 g/mol. The molecule has 2 saturated carbocycles. The van der Waals surface area contributed by atoms with Crippen LogP contribution in [-0.4, -0.2) is 63.0 Å². The van der Waals surface area contributed by atoms with Gasteiger partial charge in [-0.25, -0.2) is 18.6 Å². The quantitative estimate of drug-likeness (QED) is 0.344. The number of likely N-dealkylation sites (tertiary alicyclic amines) is 2. The standard InChI is InChI=1S/C36H43F2N5O2/c37-36(38)21-30(22-36)40-29-14-18-43(32(19-29)27-11-5-2-6-12-27)34(45)41-17-13-28(35(24-41)15-7-8-16-35)23-42-25-39-31(20-33(42)44)26-9-3-1-4-10-26/h1-6,9-12,20,25,28-30,32,40H,7-8,13-19,21-24H2/t28-,29+,32-/m0/s1. The minimum absolute atomic E-state index is 0.0109. The van der Waals surface area contributed by atoms with Crippen LogP contribution in [0.2, 0.25) is 0 Å². The maximum atomic E-state index is 14.3. The van der Waals surface area contributed by atoms with E-state index >= 15 is 0 Å². The molecular formula is C36H43F2N5O2. The van der Waals surface area contributed by atoms with E-state index in [2.05, 4.69) is 27.3 Å². The fourth-order valence-electron chi connectivity index (χ4n) is 8.50. The van der Waals surface area contributed by atoms with E-state index in [-0.39, 0.29) is 48.0 Å². The summed E-state index contributed by atoms with van der Waals surface area (Å²) in [6, 6.07) is 21.5. The molecule has 2 aliphatic heterocycles. The molecule has 9 heteroatoms. The number of rotatable bonds is 6. The van der Waals surface area contributed by atoms with E-state index in [1.807, 2.05) is 53.4 Å². The van der Waals surface area contributed by atoms with Crippen molar-refractivity contribution in [2.24, 2.45) is 11.3 Å². The Morgan fingerprint density at radius 2 is 1.64 bits per heavy atom. The summed E-state index contributed by atoms with van der Waals surface area (Å²) in [6.07, 6.45) is 8.22. The highest BCUT2D eigenvalue weighted by Crippen LogP contribution is 2.49. The highest BCUT2D eigenvalue weighted by molar-refractivity contribution is 5.75. The maximum Gasteiger partial charge on any atom is 0.320 e. The Kier molecular flexibility index (Phi) is 8.23. The molecule has 0 bridgehead atoms. The molecule has 3 atom stereocenters. The molecule has 4 aliphatic rings. The highest BCUT2D eigenvalue weighted by Gasteiger charge is 2.49. The second-order valence-corrected chi connectivity index (χ2v) is 13.9. The molecule has 2 saturated heterocycles. The van der Waals surface area contributed by atoms with Crippen LogP contribution in [0.4, 0.5) is 13.6 Å². The summed E-state index contributed by atoms with van der Waals surface area (Å²) in [7, 11) is 0. The number of nitrogens with one attached hydrogen (secondary N) is 1. The van der Waals surface area contributed by atoms with Crippen LogP contribution in [0.25, 0.3) is 11.3 Å². The van der Waals surface area contributed by atoms with E-state index in [1.165, 1.54) is 0 Å². The minimum Gasteiger partial charge on any atom is -0.324 e. The molecular weight excluding hydrogens is 572 g/mol. The van der Waals surface area contributed by atoms with Gasteiger partial charge in [0.25, 0.3) is 11.5 Å². The molecule has 238 valence electrons. The number of carbonyl (C=O) groups excluding carboxylic acids is 1. The topological polar surface area (TPSA) is 70.5 Å². The normalized spacial score (nSPS) is 26.1. The number of amides is 2. The first-order chi connectivity index (χ1) is 21.8. The number of alkyl halides is 2. The van der Waals surface area contributed by atoms with Crippen molar-refractivity contribution in [3.63, 3.8) is 0 Å². The van der Waals surface area contributed by atoms with E-state index in [0.29, 0.717) is 44.2 Å². The SMILES string of the molecule is O=C(N1CC[C@@H](Cn2cnc(-c3ccccc3)cc2=O)C2(CCCC2)C1)N1CC[C@@H](NC2CC(F)(F)C2)C[C@H]1c1ccccc1. The lowest BCUT2D eigenvalue weighted by atomic mass is 9.69. The van der Waals surface area contributed by atoms with Gasteiger partial charge in [-0.15, -0.1) is 0 Å². The summed E-state index contributed by atoms with van der Waals surface area (Å²) in [6.45, 7) is 2.58. The number of halogens is 2. The van der Waals surface area contributed by atoms with Gasteiger partial charge in [0.2, 0.25) is 0 Å². The number of aromatic nitrogens is 2. The molecule has 1 spiro atoms. The zero-order valence-electron chi connectivity index (χ0n) is 25.8. The smallest absolute Gasteiger partial charge is 0.320 e. The van der Waals surface area contributed by atoms with Gasteiger partial charge in [-0.1, -0.05) is 73.5 Å². The van der Waals surface area contributed by atoms with Gasteiger partial charge in [0, 0.05) is 62.7 Å². The Morgan fingerprint density at radius 1 is 0.933 bits per heavy atom. The van der Waals surface area contributed by atoms with Gasteiger partial charge in [-0.3, -0.25) is 9.36 Å². The van der Waals surface area contributed by atoms with Gasteiger partial charge in [-0.05, 0) is 49.0 Å². The summed E-state index contributed by atoms with van der Waals surface area (Å²) in [5, 5.41) is 3.47. The van der Waals surface area contributed by atoms with Gasteiger partial charge >= 0.3 is 6.03 Å². The Morgan fingerprint density at radius 3 is 2.33 bits per heavy atom. The number of carbonyl (C=O) groups is 1. The molecule has 4 fully saturated rings. The van der Waals surface area contributed by atoms with E-state index < -0.39 is 5.92 Å². The molecule has 7 nitrogen and oxygen atoms in total. The molecule has 7 rings (SSSR count). The fraction of sp³-hybridized carbons (Fsp3) is 0.528. The second-order valence-electron chi connectivity index (χ2n) is 13.9. The third kappa shape index (κ3) is 6.28. The number of piperidine rings is 2. The molecule has 1 aromatic heterocycles. The molecule has 45 heavy (non-hydrogen) atoms. The number of hydrogen-bond acceptors (Lipinski definition) is 4. The molecule has 3 aromatic rings. The number of hydrogen-bond donors (Lipinski definition) is 1. The molecule has 2 amide bonds. The Labute approximate surface area is 263 Å². The van der Waals surface area contributed by atoms with E-state index in [4.69, 9.17) is 0 Å². The van der Waals surface area contributed by atoms with Crippen molar-refractivity contribution in [3.8, 4) is 11.3 Å². The van der Waals surface area contributed by atoms with E-state index in [9.17, 15) is 18.4 Å². The van der Waals surface area contributed by atoms with Crippen molar-refractivity contribution >= 4 is 6.03 Å². The minimum atomic E-state index is -2.55. The summed E-state index contributed by atoms with van der Waals surface area (Å²) in [5.41, 5.74) is 2.66. The number of urea groups is 1. The number of benzene rings is 2. The van der Waals surface area contributed by atoms with Crippen LogP contribution in [-0.2, 0) is 6.54 Å². The van der Waals surface area contributed by atoms with Crippen molar-refractivity contribution in [3.05, 3.63) is 89.0 Å². The lowest BCUT2D eigenvalue weighted by Gasteiger charge is -2.50. The average Bonchev–Trinajstić information content (AvgIpc) is 3.51. The van der Waals surface area contributed by atoms with E-state index in [0.717, 1.165) is 49.7 Å². The predicted molar refractivity (Wildman–Crippen MR) is 170 cm³/mol. The second kappa shape index (κ2) is 12.3. The third-order valence-corrected chi connectivity index (χ3v) is 10.9. The van der Waals surface area contributed by atoms with Crippen LogP contribution < -0.4 is 10.9 Å². The fourth-order valence-corrected chi connectivity index (χ4v) is 8.50. The molecule has 2 aromatic carbocycles. The average molecular weight is 616 g/mol. The van der Waals surface area contributed by atoms with Crippen molar-refractivity contribution in [2.75, 3.05) is 19.6 Å². The van der Waals surface area contributed by atoms with Crippen LogP contribution in [0.3, 0.4) is 0 Å². The lowest BCUT2D eigenvalue weighted by Crippen LogP contribution is -2.58. The van der Waals surface area contributed by atoms with Crippen LogP contribution >= 0.6 is 0 Å². The largest absolute Gasteiger partial charge is 0.324 e. The maximum absolute atomic E-state index is 14.3. The molecule has 3 heterocycles.